The molecule has 0 aromatic carbocycles. The highest BCUT2D eigenvalue weighted by Crippen LogP contribution is 1.42. The molecule has 0 fully saturated rings. The molecule has 0 atom stereocenters. The molecular formula is CH11ClO6. The lowest BCUT2D eigenvalue weighted by atomic mass is 11.8. The lowest BCUT2D eigenvalue weighted by molar-refractivity contribution is 0.569. The molecule has 0 amide bonds. The molecule has 0 saturated carbocycles. The van der Waals surface area contributed by atoms with Crippen LogP contribution in [0.1, 0.15) is 0 Å². The molecule has 0 radical (unpaired) electrons. The van der Waals surface area contributed by atoms with Crippen LogP contribution in [0.3, 0.4) is 0 Å². The lowest BCUT2D eigenvalue weighted by Gasteiger charge is -1.20. The summed E-state index contributed by atoms with van der Waals surface area (Å²) in [5.41, 5.74) is 0. The fourth-order valence-electron chi connectivity index (χ4n) is 0. The van der Waals surface area contributed by atoms with Gasteiger partial charge in [0.1, 0.15) is 0 Å². The standard InChI is InChI=1S/CHClO.5H2O/c2-1-3;;;;;/h1H;5*1H2. The summed E-state index contributed by atoms with van der Waals surface area (Å²) in [6.45, 7) is 0. The first-order valence-electron chi connectivity index (χ1n) is 0.454. The van der Waals surface area contributed by atoms with Gasteiger partial charge in [-0.1, -0.05) is 0 Å². The Morgan fingerprint density at radius 1 is 0.875 bits per heavy atom. The van der Waals surface area contributed by atoms with Crippen molar-refractivity contribution < 1.29 is 32.2 Å². The third-order valence-corrected chi connectivity index (χ3v) is 0. The molecule has 7 heteroatoms. The topological polar surface area (TPSA) is 175 Å². The minimum atomic E-state index is 0. The minimum Gasteiger partial charge on any atom is -0.412 e. The van der Waals surface area contributed by atoms with E-state index in [0.717, 1.165) is 0 Å². The van der Waals surface area contributed by atoms with E-state index < -0.39 is 0 Å². The molecular weight excluding hydrogens is 143 g/mol. The summed E-state index contributed by atoms with van der Waals surface area (Å²) in [6, 6.07) is 0. The van der Waals surface area contributed by atoms with E-state index in [1.54, 1.807) is 0 Å². The van der Waals surface area contributed by atoms with Crippen LogP contribution >= 0.6 is 11.6 Å². The first kappa shape index (κ1) is 114. The van der Waals surface area contributed by atoms with Gasteiger partial charge in [-0.15, -0.1) is 0 Å². The van der Waals surface area contributed by atoms with Crippen molar-refractivity contribution in [2.75, 3.05) is 0 Å². The molecule has 0 aliphatic rings. The quantitative estimate of drug-likeness (QED) is 0.253. The van der Waals surface area contributed by atoms with Gasteiger partial charge in [0.2, 0.25) is 5.75 Å². The predicted molar refractivity (Wildman–Crippen MR) is 30.7 cm³/mol. The van der Waals surface area contributed by atoms with Crippen LogP contribution in [0.15, 0.2) is 0 Å². The van der Waals surface area contributed by atoms with Crippen LogP contribution in [0.25, 0.3) is 0 Å². The summed E-state index contributed by atoms with van der Waals surface area (Å²) >= 11 is 4.32. The van der Waals surface area contributed by atoms with Gasteiger partial charge >= 0.3 is 0 Å². The second-order valence-corrected chi connectivity index (χ2v) is 0.267. The summed E-state index contributed by atoms with van der Waals surface area (Å²) < 4.78 is 0. The zero-order valence-corrected chi connectivity index (χ0v) is 4.62. The fraction of sp³-hybridized carbons (Fsp3) is 0. The highest BCUT2D eigenvalue weighted by molar-refractivity contribution is 6.54. The SMILES string of the molecule is O.O.O.O.O.O=CCl. The van der Waals surface area contributed by atoms with Crippen LogP contribution in [-0.4, -0.2) is 33.1 Å². The molecule has 0 aromatic rings. The molecule has 0 unspecified atom stereocenters. The van der Waals surface area contributed by atoms with E-state index in [4.69, 9.17) is 4.79 Å². The second kappa shape index (κ2) is 388. The van der Waals surface area contributed by atoms with Crippen molar-refractivity contribution in [3.8, 4) is 0 Å². The van der Waals surface area contributed by atoms with E-state index >= 15 is 0 Å². The molecule has 0 rings (SSSR count). The van der Waals surface area contributed by atoms with Crippen LogP contribution < -0.4 is 0 Å². The molecule has 0 heterocycles. The van der Waals surface area contributed by atoms with Gasteiger partial charge in [0, 0.05) is 0 Å². The number of rotatable bonds is 0. The number of hydrogen-bond acceptors (Lipinski definition) is 1. The number of carbonyl (C=O) groups is 1. The molecule has 0 aromatic heterocycles. The van der Waals surface area contributed by atoms with E-state index in [2.05, 4.69) is 11.6 Å². The Morgan fingerprint density at radius 2 is 0.875 bits per heavy atom. The molecule has 0 bridgehead atoms. The first-order valence-corrected chi connectivity index (χ1v) is 0.890. The van der Waals surface area contributed by atoms with E-state index in [-0.39, 0.29) is 33.1 Å². The minimum absolute atomic E-state index is 0. The molecule has 0 aliphatic heterocycles. The normalized spacial score (nSPS) is 1.62. The molecule has 10 N–H and O–H groups in total. The van der Waals surface area contributed by atoms with Crippen molar-refractivity contribution in [1.29, 1.82) is 0 Å². The average Bonchev–Trinajstić information content (AvgIpc) is 0.918. The van der Waals surface area contributed by atoms with Gasteiger partial charge in [-0.05, 0) is 11.6 Å². The van der Waals surface area contributed by atoms with Gasteiger partial charge in [-0.3, -0.25) is 4.79 Å². The Morgan fingerprint density at radius 3 is 0.875 bits per heavy atom. The van der Waals surface area contributed by atoms with Gasteiger partial charge in [0.15, 0.2) is 0 Å². The molecule has 0 spiro atoms. The Hall–Kier alpha value is -0.240. The van der Waals surface area contributed by atoms with E-state index in [9.17, 15) is 0 Å². The highest BCUT2D eigenvalue weighted by Gasteiger charge is 1.28. The average molecular weight is 155 g/mol. The third-order valence-electron chi connectivity index (χ3n) is 0. The monoisotopic (exact) mass is 154 g/mol. The first-order chi connectivity index (χ1) is 1.41. The zero-order chi connectivity index (χ0) is 2.71. The second-order valence-electron chi connectivity index (χ2n) is 0.0891. The smallest absolute Gasteiger partial charge is 0.208 e. The molecule has 6 nitrogen and oxygen atoms in total. The van der Waals surface area contributed by atoms with Crippen molar-refractivity contribution >= 4 is 17.3 Å². The maximum absolute atomic E-state index is 8.57. The fourth-order valence-corrected chi connectivity index (χ4v) is 0. The van der Waals surface area contributed by atoms with Gasteiger partial charge in [0.05, 0.1) is 0 Å². The Kier molecular flexibility index (Phi) is 5560. The Balaban J connectivity index is -0.00000000200. The van der Waals surface area contributed by atoms with Crippen LogP contribution in [-0.2, 0) is 4.79 Å². The third kappa shape index (κ3) is 2270. The zero-order valence-electron chi connectivity index (χ0n) is 3.86. The maximum Gasteiger partial charge on any atom is 0.208 e. The van der Waals surface area contributed by atoms with Crippen molar-refractivity contribution in [3.63, 3.8) is 0 Å². The maximum atomic E-state index is 8.57. The largest absolute Gasteiger partial charge is 0.412 e. The summed E-state index contributed by atoms with van der Waals surface area (Å²) in [7, 11) is 0. The summed E-state index contributed by atoms with van der Waals surface area (Å²) in [4.78, 5) is 8.57. The van der Waals surface area contributed by atoms with Crippen LogP contribution in [0.4, 0.5) is 0 Å². The van der Waals surface area contributed by atoms with Crippen molar-refractivity contribution in [3.05, 3.63) is 0 Å². The van der Waals surface area contributed by atoms with Crippen molar-refractivity contribution in [2.24, 2.45) is 0 Å². The molecule has 0 aliphatic carbocycles. The molecule has 0 saturated heterocycles. The van der Waals surface area contributed by atoms with Gasteiger partial charge < -0.3 is 27.4 Å². The number of halogens is 1. The van der Waals surface area contributed by atoms with Gasteiger partial charge in [0.25, 0.3) is 0 Å². The van der Waals surface area contributed by atoms with E-state index in [1.165, 1.54) is 0 Å². The highest BCUT2D eigenvalue weighted by atomic mass is 35.5. The summed E-state index contributed by atoms with van der Waals surface area (Å²) in [6.07, 6.45) is 0. The Labute approximate surface area is 50.6 Å². The summed E-state index contributed by atoms with van der Waals surface area (Å²) in [5, 5.41) is 0. The predicted octanol–water partition coefficient (Wildman–Crippen LogP) is -3.71. The molecule has 8 heavy (non-hydrogen) atoms. The van der Waals surface area contributed by atoms with E-state index in [0.29, 0.717) is 0 Å². The van der Waals surface area contributed by atoms with Crippen LogP contribution in [0.2, 0.25) is 0 Å². The molecule has 58 valence electrons. The van der Waals surface area contributed by atoms with E-state index in [1.807, 2.05) is 0 Å². The van der Waals surface area contributed by atoms with Crippen molar-refractivity contribution in [2.45, 2.75) is 0 Å². The lowest BCUT2D eigenvalue weighted by Crippen LogP contribution is -1.24. The van der Waals surface area contributed by atoms with Gasteiger partial charge in [-0.2, -0.15) is 0 Å². The van der Waals surface area contributed by atoms with Crippen LogP contribution in [0.5, 0.6) is 0 Å². The number of hydrogen-bond donors (Lipinski definition) is 0. The van der Waals surface area contributed by atoms with Gasteiger partial charge in [-0.25, -0.2) is 0 Å². The van der Waals surface area contributed by atoms with Crippen molar-refractivity contribution in [1.82, 2.24) is 0 Å². The summed E-state index contributed by atoms with van der Waals surface area (Å²) in [5.74, 6) is 0.222. The Bertz CT molecular complexity index is 16.0. The number of carbonyl (C=O) groups excluding carboxylic acids is 1. The van der Waals surface area contributed by atoms with Crippen LogP contribution in [0, 0.1) is 0 Å².